The van der Waals surface area contributed by atoms with Crippen molar-refractivity contribution in [1.82, 2.24) is 0 Å². The summed E-state index contributed by atoms with van der Waals surface area (Å²) in [4.78, 5) is 37.8. The van der Waals surface area contributed by atoms with E-state index in [0.29, 0.717) is 19.3 Å². The second-order valence-electron chi connectivity index (χ2n) is 16.4. The molecule has 6 nitrogen and oxygen atoms in total. The summed E-state index contributed by atoms with van der Waals surface area (Å²) in [7, 11) is 0. The molecule has 0 aromatic carbocycles. The molecule has 0 radical (unpaired) electrons. The largest absolute Gasteiger partial charge is 0.462 e. The molecule has 0 heterocycles. The van der Waals surface area contributed by atoms with Crippen LogP contribution < -0.4 is 0 Å². The molecule has 6 heteroatoms. The van der Waals surface area contributed by atoms with Crippen molar-refractivity contribution in [2.45, 2.75) is 264 Å². The molecule has 0 fully saturated rings. The number of carbonyl (C=O) groups excluding carboxylic acids is 3. The lowest BCUT2D eigenvalue weighted by Crippen LogP contribution is -2.30. The highest BCUT2D eigenvalue weighted by molar-refractivity contribution is 5.71. The molecule has 0 aliphatic rings. The van der Waals surface area contributed by atoms with Gasteiger partial charge >= 0.3 is 17.9 Å². The molecule has 0 aromatic rings. The molecule has 0 rings (SSSR count). The molecule has 0 saturated heterocycles. The van der Waals surface area contributed by atoms with E-state index < -0.39 is 6.10 Å². The van der Waals surface area contributed by atoms with Gasteiger partial charge in [-0.25, -0.2) is 0 Å². The molecule has 0 aromatic heterocycles. The smallest absolute Gasteiger partial charge is 0.306 e. The third-order valence-electron chi connectivity index (χ3n) is 10.7. The SMILES string of the molecule is CCCCCCC/C=C\CCCCCCCC(=O)OC[C@@H](COC(=O)CCCCCCCCCCCC)OC(=O)CCCCCCC/C=C\CCCCCCC. The van der Waals surface area contributed by atoms with Gasteiger partial charge in [0, 0.05) is 19.3 Å². The Morgan fingerprint density at radius 1 is 0.339 bits per heavy atom. The minimum absolute atomic E-state index is 0.0742. The zero-order valence-electron chi connectivity index (χ0n) is 37.4. The molecule has 0 aliphatic heterocycles. The van der Waals surface area contributed by atoms with E-state index in [1.165, 1.54) is 148 Å². The average Bonchev–Trinajstić information content (AvgIpc) is 3.19. The Balaban J connectivity index is 4.36. The van der Waals surface area contributed by atoms with Crippen molar-refractivity contribution in [3.63, 3.8) is 0 Å². The van der Waals surface area contributed by atoms with Gasteiger partial charge in [0.05, 0.1) is 0 Å². The molecule has 0 spiro atoms. The second-order valence-corrected chi connectivity index (χ2v) is 16.4. The quantitative estimate of drug-likeness (QED) is 0.0265. The molecule has 0 N–H and O–H groups in total. The van der Waals surface area contributed by atoms with E-state index in [2.05, 4.69) is 45.1 Å². The van der Waals surface area contributed by atoms with Crippen LogP contribution in [-0.2, 0) is 28.6 Å². The van der Waals surface area contributed by atoms with Gasteiger partial charge in [-0.1, -0.05) is 193 Å². The van der Waals surface area contributed by atoms with E-state index in [9.17, 15) is 14.4 Å². The molecule has 0 bridgehead atoms. The van der Waals surface area contributed by atoms with Gasteiger partial charge in [0.15, 0.2) is 6.10 Å². The van der Waals surface area contributed by atoms with E-state index in [4.69, 9.17) is 14.2 Å². The van der Waals surface area contributed by atoms with E-state index >= 15 is 0 Å². The third kappa shape index (κ3) is 43.0. The monoisotopic (exact) mass is 789 g/mol. The van der Waals surface area contributed by atoms with Gasteiger partial charge < -0.3 is 14.2 Å². The molecular weight excluding hydrogens is 697 g/mol. The molecule has 0 unspecified atom stereocenters. The standard InChI is InChI=1S/C50H92O6/c1-4-7-10-13-16-19-22-24-26-28-31-34-37-40-43-49(52)55-46-47(45-54-48(51)42-39-36-33-30-21-18-15-12-9-6-3)56-50(53)44-41-38-35-32-29-27-25-23-20-17-14-11-8-5-2/h22-25,47H,4-21,26-46H2,1-3H3/b24-22-,25-23-/t47-/m1/s1. The number of allylic oxidation sites excluding steroid dienone is 4. The minimum Gasteiger partial charge on any atom is -0.462 e. The average molecular weight is 789 g/mol. The highest BCUT2D eigenvalue weighted by Gasteiger charge is 2.19. The van der Waals surface area contributed by atoms with E-state index in [0.717, 1.165) is 70.6 Å². The normalized spacial score (nSPS) is 12.1. The zero-order valence-corrected chi connectivity index (χ0v) is 37.4. The summed E-state index contributed by atoms with van der Waals surface area (Å²) in [5, 5.41) is 0. The summed E-state index contributed by atoms with van der Waals surface area (Å²) in [5.74, 6) is -0.886. The molecule has 0 amide bonds. The molecule has 0 saturated carbocycles. The van der Waals surface area contributed by atoms with Crippen LogP contribution in [0.3, 0.4) is 0 Å². The molecule has 0 aliphatic carbocycles. The van der Waals surface area contributed by atoms with Gasteiger partial charge in [-0.3, -0.25) is 14.4 Å². The summed E-state index contributed by atoms with van der Waals surface area (Å²) in [5.41, 5.74) is 0. The van der Waals surface area contributed by atoms with E-state index in [-0.39, 0.29) is 31.1 Å². The van der Waals surface area contributed by atoms with E-state index in [1.54, 1.807) is 0 Å². The van der Waals surface area contributed by atoms with Crippen molar-refractivity contribution in [2.75, 3.05) is 13.2 Å². The van der Waals surface area contributed by atoms with Crippen molar-refractivity contribution < 1.29 is 28.6 Å². The number of rotatable bonds is 44. The lowest BCUT2D eigenvalue weighted by molar-refractivity contribution is -0.167. The molecule has 56 heavy (non-hydrogen) atoms. The Morgan fingerprint density at radius 2 is 0.589 bits per heavy atom. The lowest BCUT2D eigenvalue weighted by Gasteiger charge is -2.18. The summed E-state index contributed by atoms with van der Waals surface area (Å²) in [6.07, 6.45) is 50.1. The Labute approximate surface area is 347 Å². The Kier molecular flexibility index (Phi) is 43.9. The van der Waals surface area contributed by atoms with Gasteiger partial charge in [-0.05, 0) is 70.6 Å². The predicted octanol–water partition coefficient (Wildman–Crippen LogP) is 15.6. The maximum absolute atomic E-state index is 12.7. The van der Waals surface area contributed by atoms with Gasteiger partial charge in [-0.2, -0.15) is 0 Å². The van der Waals surface area contributed by atoms with Crippen LogP contribution in [0.2, 0.25) is 0 Å². The highest BCUT2D eigenvalue weighted by atomic mass is 16.6. The highest BCUT2D eigenvalue weighted by Crippen LogP contribution is 2.14. The van der Waals surface area contributed by atoms with Crippen LogP contribution in [0.1, 0.15) is 258 Å². The predicted molar refractivity (Wildman–Crippen MR) is 238 cm³/mol. The van der Waals surface area contributed by atoms with Crippen LogP contribution in [0.4, 0.5) is 0 Å². The molecular formula is C50H92O6. The molecule has 1 atom stereocenters. The fourth-order valence-corrected chi connectivity index (χ4v) is 6.96. The Morgan fingerprint density at radius 3 is 0.893 bits per heavy atom. The fourth-order valence-electron chi connectivity index (χ4n) is 6.96. The first kappa shape index (κ1) is 53.9. The van der Waals surface area contributed by atoms with Gasteiger partial charge in [0.25, 0.3) is 0 Å². The Hall–Kier alpha value is -2.11. The first-order valence-electron chi connectivity index (χ1n) is 24.3. The Bertz CT molecular complexity index is 911. The third-order valence-corrected chi connectivity index (χ3v) is 10.7. The van der Waals surface area contributed by atoms with Crippen molar-refractivity contribution in [2.24, 2.45) is 0 Å². The van der Waals surface area contributed by atoms with Crippen molar-refractivity contribution >= 4 is 17.9 Å². The number of hydrogen-bond acceptors (Lipinski definition) is 6. The summed E-state index contributed by atoms with van der Waals surface area (Å²) < 4.78 is 16.7. The fraction of sp³-hybridized carbons (Fsp3) is 0.860. The summed E-state index contributed by atoms with van der Waals surface area (Å²) in [6, 6.07) is 0. The van der Waals surface area contributed by atoms with Crippen LogP contribution >= 0.6 is 0 Å². The number of hydrogen-bond donors (Lipinski definition) is 0. The topological polar surface area (TPSA) is 78.9 Å². The number of carbonyl (C=O) groups is 3. The van der Waals surface area contributed by atoms with Crippen molar-refractivity contribution in [1.29, 1.82) is 0 Å². The van der Waals surface area contributed by atoms with Crippen LogP contribution in [0.5, 0.6) is 0 Å². The van der Waals surface area contributed by atoms with Crippen molar-refractivity contribution in [3.05, 3.63) is 24.3 Å². The minimum atomic E-state index is -0.772. The van der Waals surface area contributed by atoms with Gasteiger partial charge in [0.2, 0.25) is 0 Å². The van der Waals surface area contributed by atoms with Crippen molar-refractivity contribution in [3.8, 4) is 0 Å². The van der Waals surface area contributed by atoms with Crippen LogP contribution in [0.25, 0.3) is 0 Å². The van der Waals surface area contributed by atoms with Crippen LogP contribution in [0.15, 0.2) is 24.3 Å². The maximum atomic E-state index is 12.7. The van der Waals surface area contributed by atoms with E-state index in [1.807, 2.05) is 0 Å². The van der Waals surface area contributed by atoms with Crippen LogP contribution in [-0.4, -0.2) is 37.2 Å². The molecule has 328 valence electrons. The number of esters is 3. The lowest BCUT2D eigenvalue weighted by atomic mass is 10.1. The second kappa shape index (κ2) is 45.6. The summed E-state index contributed by atoms with van der Waals surface area (Å²) >= 11 is 0. The van der Waals surface area contributed by atoms with Gasteiger partial charge in [-0.15, -0.1) is 0 Å². The maximum Gasteiger partial charge on any atom is 0.306 e. The van der Waals surface area contributed by atoms with Crippen LogP contribution in [0, 0.1) is 0 Å². The zero-order chi connectivity index (χ0) is 40.8. The van der Waals surface area contributed by atoms with Gasteiger partial charge in [0.1, 0.15) is 13.2 Å². The first-order chi connectivity index (χ1) is 27.5. The number of unbranched alkanes of at least 4 members (excludes halogenated alkanes) is 29. The first-order valence-corrected chi connectivity index (χ1v) is 24.3. The summed E-state index contributed by atoms with van der Waals surface area (Å²) in [6.45, 7) is 6.60. The number of ether oxygens (including phenoxy) is 3.